The highest BCUT2D eigenvalue weighted by Gasteiger charge is 2.50. The third-order valence-electron chi connectivity index (χ3n) is 11.7. The van der Waals surface area contributed by atoms with Crippen molar-refractivity contribution in [3.63, 3.8) is 0 Å². The van der Waals surface area contributed by atoms with Crippen molar-refractivity contribution in [1.82, 2.24) is 0 Å². The highest BCUT2D eigenvalue weighted by atomic mass is 32.2. The van der Waals surface area contributed by atoms with Gasteiger partial charge in [-0.3, -0.25) is 0 Å². The van der Waals surface area contributed by atoms with Crippen LogP contribution in [0.1, 0.15) is 57.7 Å². The predicted octanol–water partition coefficient (Wildman–Crippen LogP) is 13.5. The molecule has 0 fully saturated rings. The smallest absolute Gasteiger partial charge is 0.0735 e. The molecule has 0 amide bonds. The third-order valence-corrected chi connectivity index (χ3v) is 12.9. The Morgan fingerprint density at radius 2 is 1.10 bits per heavy atom. The van der Waals surface area contributed by atoms with Crippen LogP contribution in [-0.4, -0.2) is 0 Å². The van der Waals surface area contributed by atoms with Crippen molar-refractivity contribution in [2.75, 3.05) is 0 Å². The number of hydrogen-bond donors (Lipinski definition) is 0. The standard InChI is InChI=1S/C51H38S/c1-34(36-25-27-38(28-26-36)37-14-4-2-5-15-37)43(39-16-6-3-7-17-39)32-35-24-30-42-47(33-35)51(46-31-29-40-18-8-9-19-41(40)50(42)46)44-20-10-12-22-48(44)52-49-23-13-11-21-45(49)51/h2-31,33-34,43H,32H2,1H3. The lowest BCUT2D eigenvalue weighted by molar-refractivity contribution is 0.571. The lowest BCUT2D eigenvalue weighted by Crippen LogP contribution is -2.32. The second-order valence-electron chi connectivity index (χ2n) is 14.4. The molecule has 8 aromatic rings. The van der Waals surface area contributed by atoms with Crippen molar-refractivity contribution in [3.8, 4) is 22.3 Å². The number of rotatable bonds is 6. The van der Waals surface area contributed by atoms with Gasteiger partial charge < -0.3 is 0 Å². The number of fused-ring (bicyclic) bond motifs is 11. The summed E-state index contributed by atoms with van der Waals surface area (Å²) in [4.78, 5) is 2.68. The van der Waals surface area contributed by atoms with Crippen LogP contribution in [0.4, 0.5) is 0 Å². The Bertz CT molecular complexity index is 2540. The molecule has 2 unspecified atom stereocenters. The van der Waals surface area contributed by atoms with Gasteiger partial charge in [0.15, 0.2) is 0 Å². The summed E-state index contributed by atoms with van der Waals surface area (Å²) in [5.41, 5.74) is 14.6. The molecular weight excluding hydrogens is 645 g/mol. The van der Waals surface area contributed by atoms with Crippen molar-refractivity contribution in [1.29, 1.82) is 0 Å². The summed E-state index contributed by atoms with van der Waals surface area (Å²) in [7, 11) is 0. The van der Waals surface area contributed by atoms with Gasteiger partial charge in [0.25, 0.3) is 0 Å². The van der Waals surface area contributed by atoms with Crippen LogP contribution in [0.3, 0.4) is 0 Å². The van der Waals surface area contributed by atoms with E-state index in [1.165, 1.54) is 81.8 Å². The molecule has 0 bridgehead atoms. The fourth-order valence-electron chi connectivity index (χ4n) is 9.22. The van der Waals surface area contributed by atoms with Gasteiger partial charge >= 0.3 is 0 Å². The van der Waals surface area contributed by atoms with Crippen molar-refractivity contribution >= 4 is 22.5 Å². The second-order valence-corrected chi connectivity index (χ2v) is 15.5. The van der Waals surface area contributed by atoms with Gasteiger partial charge in [-0.15, -0.1) is 0 Å². The molecule has 0 nitrogen and oxygen atoms in total. The maximum Gasteiger partial charge on any atom is 0.0735 e. The number of benzene rings is 8. The van der Waals surface area contributed by atoms with E-state index in [4.69, 9.17) is 0 Å². The van der Waals surface area contributed by atoms with E-state index in [2.05, 4.69) is 195 Å². The van der Waals surface area contributed by atoms with Crippen molar-refractivity contribution in [3.05, 3.63) is 227 Å². The zero-order chi connectivity index (χ0) is 34.6. The molecule has 1 aliphatic heterocycles. The Morgan fingerprint density at radius 3 is 1.83 bits per heavy atom. The Kier molecular flexibility index (Phi) is 7.51. The number of hydrogen-bond acceptors (Lipinski definition) is 1. The van der Waals surface area contributed by atoms with Gasteiger partial charge in [0.1, 0.15) is 0 Å². The zero-order valence-corrected chi connectivity index (χ0v) is 30.0. The summed E-state index contributed by atoms with van der Waals surface area (Å²) in [5, 5.41) is 2.62. The molecule has 0 saturated carbocycles. The molecule has 0 saturated heterocycles. The van der Waals surface area contributed by atoms with Crippen LogP contribution in [-0.2, 0) is 11.8 Å². The molecule has 1 heterocycles. The molecule has 0 N–H and O–H groups in total. The van der Waals surface area contributed by atoms with E-state index in [9.17, 15) is 0 Å². The molecule has 10 rings (SSSR count). The van der Waals surface area contributed by atoms with E-state index in [1.807, 2.05) is 11.8 Å². The molecule has 0 aromatic heterocycles. The predicted molar refractivity (Wildman–Crippen MR) is 219 cm³/mol. The van der Waals surface area contributed by atoms with Crippen LogP contribution in [0.25, 0.3) is 33.0 Å². The molecule has 2 aliphatic rings. The first-order valence-electron chi connectivity index (χ1n) is 18.4. The molecule has 1 heteroatoms. The molecule has 248 valence electrons. The summed E-state index contributed by atoms with van der Waals surface area (Å²) in [6, 6.07) is 70.5. The summed E-state index contributed by atoms with van der Waals surface area (Å²) >= 11 is 1.91. The van der Waals surface area contributed by atoms with Gasteiger partial charge in [-0.1, -0.05) is 195 Å². The molecule has 1 aliphatic carbocycles. The SMILES string of the molecule is CC(c1ccc(-c2ccccc2)cc1)C(Cc1ccc2c(c1)C1(c3ccccc3Sc3ccccc31)c1ccc3ccccc3c1-2)c1ccccc1. The Morgan fingerprint density at radius 1 is 0.481 bits per heavy atom. The molecule has 0 radical (unpaired) electrons. The van der Waals surface area contributed by atoms with Crippen molar-refractivity contribution in [2.24, 2.45) is 0 Å². The minimum absolute atomic E-state index is 0.309. The van der Waals surface area contributed by atoms with E-state index in [1.54, 1.807) is 0 Å². The van der Waals surface area contributed by atoms with Crippen LogP contribution in [0, 0.1) is 0 Å². The van der Waals surface area contributed by atoms with Gasteiger partial charge in [-0.25, -0.2) is 0 Å². The lowest BCUT2D eigenvalue weighted by Gasteiger charge is -2.40. The zero-order valence-electron chi connectivity index (χ0n) is 29.2. The average Bonchev–Trinajstić information content (AvgIpc) is 3.51. The van der Waals surface area contributed by atoms with Gasteiger partial charge in [0.2, 0.25) is 0 Å². The highest BCUT2D eigenvalue weighted by molar-refractivity contribution is 7.99. The summed E-state index contributed by atoms with van der Waals surface area (Å²) < 4.78 is 0. The maximum absolute atomic E-state index is 2.58. The summed E-state index contributed by atoms with van der Waals surface area (Å²) in [6.45, 7) is 2.41. The summed E-state index contributed by atoms with van der Waals surface area (Å²) in [5.74, 6) is 0.631. The largest absolute Gasteiger partial charge is 0.0894 e. The van der Waals surface area contributed by atoms with Crippen LogP contribution in [0.5, 0.6) is 0 Å². The van der Waals surface area contributed by atoms with Gasteiger partial charge in [0.05, 0.1) is 5.41 Å². The van der Waals surface area contributed by atoms with Crippen molar-refractivity contribution in [2.45, 2.75) is 40.4 Å². The van der Waals surface area contributed by atoms with Crippen molar-refractivity contribution < 1.29 is 0 Å². The first kappa shape index (κ1) is 31.1. The van der Waals surface area contributed by atoms with Gasteiger partial charge in [-0.2, -0.15) is 0 Å². The topological polar surface area (TPSA) is 0 Å². The molecular formula is C51H38S. The lowest BCUT2D eigenvalue weighted by atomic mass is 9.67. The van der Waals surface area contributed by atoms with E-state index in [0.717, 1.165) is 6.42 Å². The fourth-order valence-corrected chi connectivity index (χ4v) is 10.4. The van der Waals surface area contributed by atoms with E-state index in [0.29, 0.717) is 11.8 Å². The van der Waals surface area contributed by atoms with E-state index in [-0.39, 0.29) is 0 Å². The highest BCUT2D eigenvalue weighted by Crippen LogP contribution is 2.63. The molecule has 8 aromatic carbocycles. The van der Waals surface area contributed by atoms with Crippen LogP contribution < -0.4 is 0 Å². The van der Waals surface area contributed by atoms with E-state index >= 15 is 0 Å². The molecule has 1 spiro atoms. The van der Waals surface area contributed by atoms with Crippen LogP contribution >= 0.6 is 11.8 Å². The Hall–Kier alpha value is -5.63. The molecule has 2 atom stereocenters. The van der Waals surface area contributed by atoms with Gasteiger partial charge in [0, 0.05) is 9.79 Å². The first-order chi connectivity index (χ1) is 25.7. The second kappa shape index (κ2) is 12.5. The maximum atomic E-state index is 2.58. The molecule has 52 heavy (non-hydrogen) atoms. The Labute approximate surface area is 310 Å². The third kappa shape index (κ3) is 4.84. The Balaban J connectivity index is 1.14. The van der Waals surface area contributed by atoms with Crippen LogP contribution in [0.15, 0.2) is 198 Å². The quantitative estimate of drug-likeness (QED) is 0.168. The minimum atomic E-state index is -0.399. The monoisotopic (exact) mass is 682 g/mol. The normalized spacial score (nSPS) is 14.6. The average molecular weight is 683 g/mol. The van der Waals surface area contributed by atoms with Crippen LogP contribution in [0.2, 0.25) is 0 Å². The minimum Gasteiger partial charge on any atom is -0.0894 e. The summed E-state index contributed by atoms with van der Waals surface area (Å²) in [6.07, 6.45) is 0.949. The van der Waals surface area contributed by atoms with E-state index < -0.39 is 5.41 Å². The van der Waals surface area contributed by atoms with Gasteiger partial charge in [-0.05, 0) is 102 Å². The fraction of sp³-hybridized carbons (Fsp3) is 0.0980. The first-order valence-corrected chi connectivity index (χ1v) is 19.2.